The van der Waals surface area contributed by atoms with E-state index in [-0.39, 0.29) is 5.91 Å². The Morgan fingerprint density at radius 2 is 1.71 bits per heavy atom. The van der Waals surface area contributed by atoms with Crippen LogP contribution >= 0.6 is 0 Å². The molecule has 0 unspecified atom stereocenters. The quantitative estimate of drug-likeness (QED) is 0.689. The van der Waals surface area contributed by atoms with Crippen LogP contribution in [0.15, 0.2) is 30.3 Å². The molecule has 0 radical (unpaired) electrons. The number of carbonyl (C=O) groups excluding carboxylic acids is 1. The SMILES string of the molecule is CN1CCCN(C(=O)c2cc3c(c4ccccc4n3C)n2C)CC1. The van der Waals surface area contributed by atoms with E-state index in [0.29, 0.717) is 0 Å². The van der Waals surface area contributed by atoms with Crippen LogP contribution in [-0.4, -0.2) is 58.1 Å². The zero-order valence-electron chi connectivity index (χ0n) is 14.6. The van der Waals surface area contributed by atoms with E-state index in [1.165, 1.54) is 10.9 Å². The van der Waals surface area contributed by atoms with E-state index in [4.69, 9.17) is 0 Å². The van der Waals surface area contributed by atoms with Gasteiger partial charge in [0.15, 0.2) is 0 Å². The number of hydrogen-bond donors (Lipinski definition) is 0. The average molecular weight is 324 g/mol. The molecule has 1 saturated heterocycles. The number of fused-ring (bicyclic) bond motifs is 3. The van der Waals surface area contributed by atoms with Gasteiger partial charge in [-0.3, -0.25) is 4.79 Å². The number of nitrogens with zero attached hydrogens (tertiary/aromatic N) is 4. The van der Waals surface area contributed by atoms with Crippen molar-refractivity contribution in [3.8, 4) is 0 Å². The summed E-state index contributed by atoms with van der Waals surface area (Å²) in [6.07, 6.45) is 1.04. The lowest BCUT2D eigenvalue weighted by molar-refractivity contribution is 0.0754. The molecule has 2 aromatic heterocycles. The molecular formula is C19H24N4O. The summed E-state index contributed by atoms with van der Waals surface area (Å²) in [5.74, 6) is 0.146. The molecule has 1 aliphatic rings. The number of aryl methyl sites for hydroxylation is 2. The normalized spacial score (nSPS) is 16.9. The van der Waals surface area contributed by atoms with Gasteiger partial charge in [-0.1, -0.05) is 18.2 Å². The minimum absolute atomic E-state index is 0.146. The highest BCUT2D eigenvalue weighted by atomic mass is 16.2. The number of amides is 1. The molecule has 0 N–H and O–H groups in total. The van der Waals surface area contributed by atoms with Crippen molar-refractivity contribution >= 4 is 27.8 Å². The van der Waals surface area contributed by atoms with Gasteiger partial charge in [0.05, 0.1) is 16.6 Å². The summed E-state index contributed by atoms with van der Waals surface area (Å²) >= 11 is 0. The molecule has 1 aliphatic heterocycles. The van der Waals surface area contributed by atoms with Crippen molar-refractivity contribution in [1.82, 2.24) is 18.9 Å². The Morgan fingerprint density at radius 3 is 2.54 bits per heavy atom. The number of benzene rings is 1. The first kappa shape index (κ1) is 15.3. The number of likely N-dealkylation sites (N-methyl/N-ethyl adjacent to an activating group) is 1. The highest BCUT2D eigenvalue weighted by Crippen LogP contribution is 2.30. The highest BCUT2D eigenvalue weighted by Gasteiger charge is 2.24. The Kier molecular flexibility index (Phi) is 3.61. The highest BCUT2D eigenvalue weighted by molar-refractivity contribution is 6.10. The lowest BCUT2D eigenvalue weighted by atomic mass is 10.2. The molecule has 1 aromatic carbocycles. The lowest BCUT2D eigenvalue weighted by Crippen LogP contribution is -2.35. The number of para-hydroxylation sites is 1. The molecule has 0 saturated carbocycles. The summed E-state index contributed by atoms with van der Waals surface area (Å²) in [4.78, 5) is 17.4. The zero-order valence-corrected chi connectivity index (χ0v) is 14.6. The van der Waals surface area contributed by atoms with E-state index in [2.05, 4.69) is 52.4 Å². The fraction of sp³-hybridized carbons (Fsp3) is 0.421. The van der Waals surface area contributed by atoms with Gasteiger partial charge in [-0.15, -0.1) is 0 Å². The summed E-state index contributed by atoms with van der Waals surface area (Å²) in [6, 6.07) is 10.4. The van der Waals surface area contributed by atoms with Gasteiger partial charge in [0, 0.05) is 39.1 Å². The molecule has 0 bridgehead atoms. The maximum atomic E-state index is 13.1. The molecule has 1 fully saturated rings. The maximum absolute atomic E-state index is 13.1. The first-order chi connectivity index (χ1) is 11.6. The van der Waals surface area contributed by atoms with Crippen molar-refractivity contribution in [3.05, 3.63) is 36.0 Å². The van der Waals surface area contributed by atoms with Gasteiger partial charge >= 0.3 is 0 Å². The third-order valence-electron chi connectivity index (χ3n) is 5.32. The van der Waals surface area contributed by atoms with Crippen molar-refractivity contribution in [2.24, 2.45) is 14.1 Å². The van der Waals surface area contributed by atoms with E-state index in [9.17, 15) is 4.79 Å². The third-order valence-corrected chi connectivity index (χ3v) is 5.32. The third kappa shape index (κ3) is 2.23. The van der Waals surface area contributed by atoms with Crippen molar-refractivity contribution in [3.63, 3.8) is 0 Å². The Bertz CT molecular complexity index is 920. The number of aromatic nitrogens is 2. The molecule has 126 valence electrons. The molecule has 3 aromatic rings. The molecule has 3 heterocycles. The Morgan fingerprint density at radius 1 is 0.917 bits per heavy atom. The van der Waals surface area contributed by atoms with Crippen LogP contribution in [0.4, 0.5) is 0 Å². The van der Waals surface area contributed by atoms with Gasteiger partial charge in [-0.2, -0.15) is 0 Å². The second-order valence-electron chi connectivity index (χ2n) is 6.85. The Balaban J connectivity index is 1.78. The van der Waals surface area contributed by atoms with Gasteiger partial charge in [0.1, 0.15) is 5.69 Å². The van der Waals surface area contributed by atoms with Crippen LogP contribution in [0, 0.1) is 0 Å². The van der Waals surface area contributed by atoms with Crippen LogP contribution in [0.3, 0.4) is 0 Å². The summed E-state index contributed by atoms with van der Waals surface area (Å²) in [7, 11) is 6.20. The molecule has 0 atom stereocenters. The predicted octanol–water partition coefficient (Wildman–Crippen LogP) is 2.45. The standard InChI is InChI=1S/C19H24N4O/c1-20-9-6-10-23(12-11-20)19(24)17-13-16-18(22(17)3)14-7-4-5-8-15(14)21(16)2/h4-5,7-8,13H,6,9-12H2,1-3H3. The van der Waals surface area contributed by atoms with E-state index in [0.717, 1.165) is 49.3 Å². The molecule has 0 spiro atoms. The molecule has 0 aliphatic carbocycles. The van der Waals surface area contributed by atoms with E-state index in [1.54, 1.807) is 0 Å². The second-order valence-corrected chi connectivity index (χ2v) is 6.85. The molecule has 24 heavy (non-hydrogen) atoms. The van der Waals surface area contributed by atoms with Gasteiger partial charge < -0.3 is 18.9 Å². The summed E-state index contributed by atoms with van der Waals surface area (Å²) in [5, 5.41) is 1.20. The van der Waals surface area contributed by atoms with Gasteiger partial charge in [0.25, 0.3) is 5.91 Å². The fourth-order valence-electron chi connectivity index (χ4n) is 3.87. The van der Waals surface area contributed by atoms with Crippen molar-refractivity contribution < 1.29 is 4.79 Å². The minimum Gasteiger partial charge on any atom is -0.342 e. The second kappa shape index (κ2) is 5.67. The predicted molar refractivity (Wildman–Crippen MR) is 97.4 cm³/mol. The summed E-state index contributed by atoms with van der Waals surface area (Å²) in [6.45, 7) is 3.64. The van der Waals surface area contributed by atoms with Gasteiger partial charge in [-0.25, -0.2) is 0 Å². The molecule has 4 rings (SSSR count). The molecule has 1 amide bonds. The van der Waals surface area contributed by atoms with Crippen LogP contribution in [0.1, 0.15) is 16.9 Å². The van der Waals surface area contributed by atoms with Crippen molar-refractivity contribution in [2.45, 2.75) is 6.42 Å². The molecular weight excluding hydrogens is 300 g/mol. The summed E-state index contributed by atoms with van der Waals surface area (Å²) in [5.41, 5.74) is 4.25. The first-order valence-electron chi connectivity index (χ1n) is 8.58. The molecule has 5 heteroatoms. The van der Waals surface area contributed by atoms with Crippen molar-refractivity contribution in [2.75, 3.05) is 33.2 Å². The van der Waals surface area contributed by atoms with E-state index >= 15 is 0 Å². The van der Waals surface area contributed by atoms with Crippen LogP contribution in [-0.2, 0) is 14.1 Å². The largest absolute Gasteiger partial charge is 0.342 e. The van der Waals surface area contributed by atoms with Gasteiger partial charge in [0.2, 0.25) is 0 Å². The van der Waals surface area contributed by atoms with Crippen molar-refractivity contribution in [1.29, 1.82) is 0 Å². The number of carbonyl (C=O) groups is 1. The smallest absolute Gasteiger partial charge is 0.270 e. The maximum Gasteiger partial charge on any atom is 0.270 e. The van der Waals surface area contributed by atoms with Crippen LogP contribution < -0.4 is 0 Å². The lowest BCUT2D eigenvalue weighted by Gasteiger charge is -2.20. The minimum atomic E-state index is 0.146. The van der Waals surface area contributed by atoms with Crippen LogP contribution in [0.5, 0.6) is 0 Å². The Labute approximate surface area is 142 Å². The van der Waals surface area contributed by atoms with Crippen LogP contribution in [0.2, 0.25) is 0 Å². The monoisotopic (exact) mass is 324 g/mol. The topological polar surface area (TPSA) is 33.4 Å². The van der Waals surface area contributed by atoms with E-state index in [1.807, 2.05) is 18.0 Å². The van der Waals surface area contributed by atoms with Crippen LogP contribution in [0.25, 0.3) is 21.9 Å². The number of hydrogen-bond acceptors (Lipinski definition) is 2. The summed E-state index contributed by atoms with van der Waals surface area (Å²) < 4.78 is 4.24. The average Bonchev–Trinajstić information content (AvgIpc) is 2.96. The fourth-order valence-corrected chi connectivity index (χ4v) is 3.87. The zero-order chi connectivity index (χ0) is 16.8. The number of rotatable bonds is 1. The first-order valence-corrected chi connectivity index (χ1v) is 8.58. The van der Waals surface area contributed by atoms with E-state index < -0.39 is 0 Å². The molecule has 5 nitrogen and oxygen atoms in total. The van der Waals surface area contributed by atoms with Gasteiger partial charge in [-0.05, 0) is 32.1 Å². The Hall–Kier alpha value is -2.27.